The van der Waals surface area contributed by atoms with Gasteiger partial charge in [0, 0.05) is 19.7 Å². The summed E-state index contributed by atoms with van der Waals surface area (Å²) < 4.78 is 10.8. The summed E-state index contributed by atoms with van der Waals surface area (Å²) in [7, 11) is 0. The summed E-state index contributed by atoms with van der Waals surface area (Å²) >= 11 is 0. The van der Waals surface area contributed by atoms with Gasteiger partial charge in [0.2, 0.25) is 0 Å². The first-order chi connectivity index (χ1) is 9.27. The third-order valence-electron chi connectivity index (χ3n) is 3.11. The van der Waals surface area contributed by atoms with Gasteiger partial charge in [-0.1, -0.05) is 12.1 Å². The van der Waals surface area contributed by atoms with Crippen molar-refractivity contribution in [3.8, 4) is 5.75 Å². The predicted molar refractivity (Wildman–Crippen MR) is 70.7 cm³/mol. The van der Waals surface area contributed by atoms with Crippen LogP contribution in [0.1, 0.15) is 16.8 Å². The molecule has 1 aromatic carbocycles. The minimum Gasteiger partial charge on any atom is -0.491 e. The zero-order valence-electron chi connectivity index (χ0n) is 10.8. The molecular formula is C14H19NO4. The van der Waals surface area contributed by atoms with Gasteiger partial charge in [0.15, 0.2) is 0 Å². The zero-order valence-corrected chi connectivity index (χ0v) is 10.8. The molecule has 1 unspecified atom stereocenters. The van der Waals surface area contributed by atoms with Gasteiger partial charge in [-0.25, -0.2) is 4.79 Å². The summed E-state index contributed by atoms with van der Waals surface area (Å²) in [6, 6.07) is 6.68. The number of nitrogens with one attached hydrogen (secondary N) is 1. The van der Waals surface area contributed by atoms with Crippen molar-refractivity contribution >= 4 is 5.97 Å². The van der Waals surface area contributed by atoms with Crippen LogP contribution in [0.15, 0.2) is 24.3 Å². The van der Waals surface area contributed by atoms with E-state index >= 15 is 0 Å². The van der Waals surface area contributed by atoms with Crippen LogP contribution in [-0.2, 0) is 4.74 Å². The maximum absolute atomic E-state index is 11.0. The average Bonchev–Trinajstić information content (AvgIpc) is 2.92. The Labute approximate surface area is 112 Å². The Hall–Kier alpha value is -1.59. The Kier molecular flexibility index (Phi) is 5.18. The van der Waals surface area contributed by atoms with Crippen molar-refractivity contribution < 1.29 is 19.4 Å². The highest BCUT2D eigenvalue weighted by molar-refractivity contribution is 5.90. The molecule has 104 valence electrons. The molecule has 1 fully saturated rings. The number of aromatic carboxylic acids is 1. The Bertz CT molecular complexity index is 416. The summed E-state index contributed by atoms with van der Waals surface area (Å²) in [6.07, 6.45) is 1.11. The van der Waals surface area contributed by atoms with Gasteiger partial charge >= 0.3 is 5.97 Å². The van der Waals surface area contributed by atoms with E-state index in [0.29, 0.717) is 24.8 Å². The van der Waals surface area contributed by atoms with Crippen molar-refractivity contribution in [2.75, 3.05) is 32.9 Å². The van der Waals surface area contributed by atoms with E-state index in [0.717, 1.165) is 26.2 Å². The minimum atomic E-state index is -0.966. The molecule has 0 aliphatic carbocycles. The first-order valence-electron chi connectivity index (χ1n) is 6.51. The zero-order chi connectivity index (χ0) is 13.5. The maximum atomic E-state index is 11.0. The molecule has 5 nitrogen and oxygen atoms in total. The number of carbonyl (C=O) groups is 1. The number of ether oxygens (including phenoxy) is 2. The smallest absolute Gasteiger partial charge is 0.339 e. The quantitative estimate of drug-likeness (QED) is 0.729. The topological polar surface area (TPSA) is 67.8 Å². The van der Waals surface area contributed by atoms with Gasteiger partial charge in [-0.15, -0.1) is 0 Å². The van der Waals surface area contributed by atoms with Gasteiger partial charge in [0.1, 0.15) is 17.9 Å². The fourth-order valence-corrected chi connectivity index (χ4v) is 2.05. The molecule has 5 heteroatoms. The minimum absolute atomic E-state index is 0.201. The van der Waals surface area contributed by atoms with Crippen LogP contribution in [0.3, 0.4) is 0 Å². The molecule has 1 aliphatic rings. The molecule has 19 heavy (non-hydrogen) atoms. The third-order valence-corrected chi connectivity index (χ3v) is 3.11. The SMILES string of the molecule is O=C(O)c1ccccc1OCCNCC1CCOC1. The van der Waals surface area contributed by atoms with Crippen molar-refractivity contribution in [2.24, 2.45) is 5.92 Å². The fourth-order valence-electron chi connectivity index (χ4n) is 2.05. The van der Waals surface area contributed by atoms with Crippen molar-refractivity contribution in [3.63, 3.8) is 0 Å². The number of para-hydroxylation sites is 1. The van der Waals surface area contributed by atoms with Crippen LogP contribution in [0, 0.1) is 5.92 Å². The Morgan fingerprint density at radius 3 is 3.05 bits per heavy atom. The molecule has 0 amide bonds. The Morgan fingerprint density at radius 1 is 1.47 bits per heavy atom. The molecule has 0 radical (unpaired) electrons. The number of carboxylic acids is 1. The molecule has 2 N–H and O–H groups in total. The van der Waals surface area contributed by atoms with Gasteiger partial charge < -0.3 is 19.9 Å². The molecule has 1 aliphatic heterocycles. The van der Waals surface area contributed by atoms with Gasteiger partial charge in [-0.3, -0.25) is 0 Å². The maximum Gasteiger partial charge on any atom is 0.339 e. The van der Waals surface area contributed by atoms with Crippen LogP contribution in [0.2, 0.25) is 0 Å². The largest absolute Gasteiger partial charge is 0.491 e. The van der Waals surface area contributed by atoms with Crippen LogP contribution in [0.25, 0.3) is 0 Å². The molecule has 1 saturated heterocycles. The summed E-state index contributed by atoms with van der Waals surface area (Å²) in [4.78, 5) is 11.0. The second kappa shape index (κ2) is 7.11. The highest BCUT2D eigenvalue weighted by atomic mass is 16.5. The number of rotatable bonds is 7. The number of hydrogen-bond acceptors (Lipinski definition) is 4. The molecule has 2 rings (SSSR count). The Balaban J connectivity index is 1.69. The second-order valence-corrected chi connectivity index (χ2v) is 4.58. The van der Waals surface area contributed by atoms with E-state index in [1.54, 1.807) is 24.3 Å². The molecule has 0 spiro atoms. The number of hydrogen-bond donors (Lipinski definition) is 2. The first-order valence-corrected chi connectivity index (χ1v) is 6.51. The number of carboxylic acid groups (broad SMARTS) is 1. The number of benzene rings is 1. The van der Waals surface area contributed by atoms with E-state index in [4.69, 9.17) is 14.6 Å². The molecule has 0 bridgehead atoms. The summed E-state index contributed by atoms with van der Waals surface area (Å²) in [5.74, 6) is 0.0407. The van der Waals surface area contributed by atoms with Crippen molar-refractivity contribution in [1.29, 1.82) is 0 Å². The van der Waals surface area contributed by atoms with E-state index in [-0.39, 0.29) is 5.56 Å². The van der Waals surface area contributed by atoms with E-state index < -0.39 is 5.97 Å². The van der Waals surface area contributed by atoms with Gasteiger partial charge in [0.25, 0.3) is 0 Å². The lowest BCUT2D eigenvalue weighted by Crippen LogP contribution is -2.27. The monoisotopic (exact) mass is 265 g/mol. The fraction of sp³-hybridized carbons (Fsp3) is 0.500. The lowest BCUT2D eigenvalue weighted by molar-refractivity contribution is 0.0692. The van der Waals surface area contributed by atoms with Crippen LogP contribution >= 0.6 is 0 Å². The second-order valence-electron chi connectivity index (χ2n) is 4.58. The molecule has 0 aromatic heterocycles. The van der Waals surface area contributed by atoms with Crippen LogP contribution in [0.5, 0.6) is 5.75 Å². The molecule has 0 saturated carbocycles. The lowest BCUT2D eigenvalue weighted by Gasteiger charge is -2.11. The molecular weight excluding hydrogens is 246 g/mol. The first kappa shape index (κ1) is 13.8. The average molecular weight is 265 g/mol. The van der Waals surface area contributed by atoms with Crippen molar-refractivity contribution in [3.05, 3.63) is 29.8 Å². The van der Waals surface area contributed by atoms with Crippen LogP contribution in [-0.4, -0.2) is 44.0 Å². The summed E-state index contributed by atoms with van der Waals surface area (Å²) in [6.45, 7) is 3.76. The normalized spacial score (nSPS) is 18.4. The van der Waals surface area contributed by atoms with Gasteiger partial charge in [-0.2, -0.15) is 0 Å². The third kappa shape index (κ3) is 4.22. The standard InChI is InChI=1S/C14H19NO4/c16-14(17)12-3-1-2-4-13(12)19-8-6-15-9-11-5-7-18-10-11/h1-4,11,15H,5-10H2,(H,16,17). The van der Waals surface area contributed by atoms with E-state index in [2.05, 4.69) is 5.32 Å². The predicted octanol–water partition coefficient (Wildman–Crippen LogP) is 1.39. The van der Waals surface area contributed by atoms with E-state index in [9.17, 15) is 4.79 Å². The lowest BCUT2D eigenvalue weighted by atomic mass is 10.1. The molecule has 1 aromatic rings. The molecule has 1 heterocycles. The highest BCUT2D eigenvalue weighted by Gasteiger charge is 2.14. The summed E-state index contributed by atoms with van der Waals surface area (Å²) in [5.41, 5.74) is 0.201. The highest BCUT2D eigenvalue weighted by Crippen LogP contribution is 2.17. The Morgan fingerprint density at radius 2 is 2.32 bits per heavy atom. The van der Waals surface area contributed by atoms with E-state index in [1.807, 2.05) is 0 Å². The van der Waals surface area contributed by atoms with Crippen LogP contribution < -0.4 is 10.1 Å². The van der Waals surface area contributed by atoms with Crippen molar-refractivity contribution in [2.45, 2.75) is 6.42 Å². The summed E-state index contributed by atoms with van der Waals surface area (Å²) in [5, 5.41) is 12.3. The van der Waals surface area contributed by atoms with Gasteiger partial charge in [0.05, 0.1) is 6.61 Å². The van der Waals surface area contributed by atoms with Crippen LogP contribution in [0.4, 0.5) is 0 Å². The van der Waals surface area contributed by atoms with Gasteiger partial charge in [-0.05, 0) is 24.5 Å². The molecule has 1 atom stereocenters. The van der Waals surface area contributed by atoms with Crippen molar-refractivity contribution in [1.82, 2.24) is 5.32 Å². The van der Waals surface area contributed by atoms with E-state index in [1.165, 1.54) is 0 Å².